The summed E-state index contributed by atoms with van der Waals surface area (Å²) >= 11 is 0. The average molecular weight is 299 g/mol. The Labute approximate surface area is 130 Å². The van der Waals surface area contributed by atoms with Crippen LogP contribution in [0.4, 0.5) is 5.69 Å². The SMILES string of the molecule is CCCC(=O)N1CCC(C(=O)Nc2ccc(C#N)cc2)CC1. The first-order chi connectivity index (χ1) is 10.6. The van der Waals surface area contributed by atoms with Gasteiger partial charge in [-0.15, -0.1) is 0 Å². The van der Waals surface area contributed by atoms with Crippen LogP contribution in [0.25, 0.3) is 0 Å². The Balaban J connectivity index is 1.84. The number of amides is 2. The number of likely N-dealkylation sites (tertiary alicyclic amines) is 1. The third kappa shape index (κ3) is 4.08. The van der Waals surface area contributed by atoms with Crippen LogP contribution in [0.15, 0.2) is 24.3 Å². The van der Waals surface area contributed by atoms with Gasteiger partial charge in [0.05, 0.1) is 11.6 Å². The highest BCUT2D eigenvalue weighted by Gasteiger charge is 2.26. The smallest absolute Gasteiger partial charge is 0.227 e. The predicted octanol–water partition coefficient (Wildman–Crippen LogP) is 2.54. The molecule has 0 atom stereocenters. The van der Waals surface area contributed by atoms with Crippen molar-refractivity contribution in [2.75, 3.05) is 18.4 Å². The topological polar surface area (TPSA) is 73.2 Å². The fourth-order valence-electron chi connectivity index (χ4n) is 2.64. The number of hydrogen-bond donors (Lipinski definition) is 1. The number of carbonyl (C=O) groups excluding carboxylic acids is 2. The number of benzene rings is 1. The largest absolute Gasteiger partial charge is 0.343 e. The Morgan fingerprint density at radius 1 is 1.27 bits per heavy atom. The summed E-state index contributed by atoms with van der Waals surface area (Å²) in [4.78, 5) is 25.9. The summed E-state index contributed by atoms with van der Waals surface area (Å²) in [6.07, 6.45) is 2.86. The molecule has 2 rings (SSSR count). The van der Waals surface area contributed by atoms with Gasteiger partial charge in [-0.1, -0.05) is 6.92 Å². The Morgan fingerprint density at radius 3 is 2.45 bits per heavy atom. The van der Waals surface area contributed by atoms with E-state index < -0.39 is 0 Å². The van der Waals surface area contributed by atoms with Gasteiger partial charge in [0.15, 0.2) is 0 Å². The fourth-order valence-corrected chi connectivity index (χ4v) is 2.64. The summed E-state index contributed by atoms with van der Waals surface area (Å²) in [5.74, 6) is 0.127. The lowest BCUT2D eigenvalue weighted by Gasteiger charge is -2.31. The highest BCUT2D eigenvalue weighted by molar-refractivity contribution is 5.92. The zero-order valence-electron chi connectivity index (χ0n) is 12.8. The molecule has 1 saturated heterocycles. The number of anilines is 1. The van der Waals surface area contributed by atoms with Crippen molar-refractivity contribution in [3.8, 4) is 6.07 Å². The van der Waals surface area contributed by atoms with Gasteiger partial charge in [0, 0.05) is 31.1 Å². The van der Waals surface area contributed by atoms with E-state index in [2.05, 4.69) is 5.32 Å². The van der Waals surface area contributed by atoms with Crippen LogP contribution in [0.3, 0.4) is 0 Å². The molecule has 1 aromatic carbocycles. The number of piperidine rings is 1. The zero-order chi connectivity index (χ0) is 15.9. The van der Waals surface area contributed by atoms with Crippen LogP contribution in [0, 0.1) is 17.2 Å². The van der Waals surface area contributed by atoms with Crippen LogP contribution in [-0.4, -0.2) is 29.8 Å². The van der Waals surface area contributed by atoms with E-state index in [9.17, 15) is 9.59 Å². The van der Waals surface area contributed by atoms with Crippen LogP contribution < -0.4 is 5.32 Å². The number of carbonyl (C=O) groups is 2. The number of hydrogen-bond acceptors (Lipinski definition) is 3. The molecule has 1 aromatic rings. The molecule has 116 valence electrons. The standard InChI is InChI=1S/C17H21N3O2/c1-2-3-16(21)20-10-8-14(9-11-20)17(22)19-15-6-4-13(12-18)5-7-15/h4-7,14H,2-3,8-11H2,1H3,(H,19,22). The highest BCUT2D eigenvalue weighted by atomic mass is 16.2. The van der Waals surface area contributed by atoms with Gasteiger partial charge < -0.3 is 10.2 Å². The van der Waals surface area contributed by atoms with E-state index >= 15 is 0 Å². The molecule has 0 bridgehead atoms. The molecule has 0 radical (unpaired) electrons. The molecule has 0 spiro atoms. The van der Waals surface area contributed by atoms with Gasteiger partial charge in [-0.05, 0) is 43.5 Å². The molecular formula is C17H21N3O2. The lowest BCUT2D eigenvalue weighted by molar-refractivity contribution is -0.134. The Morgan fingerprint density at radius 2 is 1.91 bits per heavy atom. The summed E-state index contributed by atoms with van der Waals surface area (Å²) in [5, 5.41) is 11.6. The molecule has 2 amide bonds. The van der Waals surface area contributed by atoms with E-state index in [1.165, 1.54) is 0 Å². The minimum Gasteiger partial charge on any atom is -0.343 e. The van der Waals surface area contributed by atoms with E-state index in [0.717, 1.165) is 6.42 Å². The second-order valence-electron chi connectivity index (χ2n) is 5.58. The molecule has 5 heteroatoms. The van der Waals surface area contributed by atoms with Gasteiger partial charge in [-0.2, -0.15) is 5.26 Å². The first-order valence-electron chi connectivity index (χ1n) is 7.73. The van der Waals surface area contributed by atoms with Gasteiger partial charge in [0.25, 0.3) is 0 Å². The third-order valence-corrected chi connectivity index (χ3v) is 3.96. The Kier molecular flexibility index (Phi) is 5.54. The van der Waals surface area contributed by atoms with E-state index in [-0.39, 0.29) is 17.7 Å². The molecule has 0 aromatic heterocycles. The average Bonchev–Trinajstić information content (AvgIpc) is 2.56. The third-order valence-electron chi connectivity index (χ3n) is 3.96. The second-order valence-corrected chi connectivity index (χ2v) is 5.58. The summed E-state index contributed by atoms with van der Waals surface area (Å²) in [7, 11) is 0. The maximum absolute atomic E-state index is 12.2. The van der Waals surface area contributed by atoms with Crippen molar-refractivity contribution in [1.82, 2.24) is 4.90 Å². The lowest BCUT2D eigenvalue weighted by atomic mass is 9.95. The van der Waals surface area contributed by atoms with Crippen LogP contribution in [0.1, 0.15) is 38.2 Å². The molecular weight excluding hydrogens is 278 g/mol. The quantitative estimate of drug-likeness (QED) is 0.928. The maximum Gasteiger partial charge on any atom is 0.227 e. The molecule has 22 heavy (non-hydrogen) atoms. The minimum absolute atomic E-state index is 0.00713. The van der Waals surface area contributed by atoms with Crippen LogP contribution >= 0.6 is 0 Å². The molecule has 0 unspecified atom stereocenters. The van der Waals surface area contributed by atoms with Crippen LogP contribution in [-0.2, 0) is 9.59 Å². The van der Waals surface area contributed by atoms with Gasteiger partial charge in [-0.25, -0.2) is 0 Å². The second kappa shape index (κ2) is 7.60. The molecule has 1 aliphatic rings. The van der Waals surface area contributed by atoms with Gasteiger partial charge >= 0.3 is 0 Å². The molecule has 1 heterocycles. The van der Waals surface area contributed by atoms with E-state index in [4.69, 9.17) is 5.26 Å². The Bertz CT molecular complexity index is 567. The van der Waals surface area contributed by atoms with Gasteiger partial charge in [-0.3, -0.25) is 9.59 Å². The van der Waals surface area contributed by atoms with Gasteiger partial charge in [0.2, 0.25) is 11.8 Å². The molecule has 0 aliphatic carbocycles. The van der Waals surface area contributed by atoms with E-state index in [1.54, 1.807) is 24.3 Å². The van der Waals surface area contributed by atoms with Crippen molar-refractivity contribution in [3.05, 3.63) is 29.8 Å². The summed E-state index contributed by atoms with van der Waals surface area (Å²) in [6, 6.07) is 8.88. The molecule has 1 fully saturated rings. The number of nitriles is 1. The maximum atomic E-state index is 12.2. The summed E-state index contributed by atoms with van der Waals surface area (Å²) in [5.41, 5.74) is 1.27. The first-order valence-corrected chi connectivity index (χ1v) is 7.73. The fraction of sp³-hybridized carbons (Fsp3) is 0.471. The van der Waals surface area contributed by atoms with Crippen molar-refractivity contribution < 1.29 is 9.59 Å². The predicted molar refractivity (Wildman–Crippen MR) is 84.0 cm³/mol. The first kappa shape index (κ1) is 16.0. The summed E-state index contributed by atoms with van der Waals surface area (Å²) < 4.78 is 0. The normalized spacial score (nSPS) is 15.2. The zero-order valence-corrected chi connectivity index (χ0v) is 12.8. The van der Waals surface area contributed by atoms with Gasteiger partial charge in [0.1, 0.15) is 0 Å². The molecule has 1 aliphatic heterocycles. The number of nitrogens with one attached hydrogen (secondary N) is 1. The minimum atomic E-state index is -0.0543. The van der Waals surface area contributed by atoms with Crippen molar-refractivity contribution in [1.29, 1.82) is 5.26 Å². The number of rotatable bonds is 4. The van der Waals surface area contributed by atoms with E-state index in [1.807, 2.05) is 17.9 Å². The van der Waals surface area contributed by atoms with Crippen molar-refractivity contribution >= 4 is 17.5 Å². The van der Waals surface area contributed by atoms with Crippen molar-refractivity contribution in [2.45, 2.75) is 32.6 Å². The monoisotopic (exact) mass is 299 g/mol. The lowest BCUT2D eigenvalue weighted by Crippen LogP contribution is -2.41. The highest BCUT2D eigenvalue weighted by Crippen LogP contribution is 2.20. The van der Waals surface area contributed by atoms with Crippen molar-refractivity contribution in [2.24, 2.45) is 5.92 Å². The Hall–Kier alpha value is -2.35. The van der Waals surface area contributed by atoms with Crippen LogP contribution in [0.5, 0.6) is 0 Å². The number of nitrogens with zero attached hydrogens (tertiary/aromatic N) is 2. The van der Waals surface area contributed by atoms with Crippen molar-refractivity contribution in [3.63, 3.8) is 0 Å². The summed E-state index contributed by atoms with van der Waals surface area (Å²) in [6.45, 7) is 3.31. The van der Waals surface area contributed by atoms with Crippen LogP contribution in [0.2, 0.25) is 0 Å². The molecule has 1 N–H and O–H groups in total. The molecule has 5 nitrogen and oxygen atoms in total. The molecule has 0 saturated carbocycles. The van der Waals surface area contributed by atoms with E-state index in [0.29, 0.717) is 43.6 Å².